The molecule has 2 aliphatic rings. The van der Waals surface area contributed by atoms with Gasteiger partial charge in [0.05, 0.1) is 6.10 Å². The smallest absolute Gasteiger partial charge is 0.390 e. The number of aliphatic hydroxyl groups excluding tert-OH is 1. The summed E-state index contributed by atoms with van der Waals surface area (Å²) in [5.74, 6) is -1.17. The van der Waals surface area contributed by atoms with Crippen molar-refractivity contribution in [2.75, 3.05) is 43.4 Å². The van der Waals surface area contributed by atoms with E-state index in [1.165, 1.54) is 18.1 Å². The highest BCUT2D eigenvalue weighted by molar-refractivity contribution is 5.93. The van der Waals surface area contributed by atoms with Crippen molar-refractivity contribution in [1.82, 2.24) is 30.0 Å². The fraction of sp³-hybridized carbons (Fsp3) is 0.520. The lowest BCUT2D eigenvalue weighted by atomic mass is 10.00. The van der Waals surface area contributed by atoms with Crippen molar-refractivity contribution in [3.05, 3.63) is 41.2 Å². The average molecular weight is 533 g/mol. The summed E-state index contributed by atoms with van der Waals surface area (Å²) in [5, 5.41) is 23.6. The zero-order valence-corrected chi connectivity index (χ0v) is 21.1. The van der Waals surface area contributed by atoms with Gasteiger partial charge in [-0.2, -0.15) is 18.3 Å². The van der Waals surface area contributed by atoms with Crippen molar-refractivity contribution in [1.29, 1.82) is 0 Å². The number of hydrogen-bond acceptors (Lipinski definition) is 8. The maximum absolute atomic E-state index is 13.6. The molecule has 4 N–H and O–H groups in total. The molecular weight excluding hydrogens is 501 g/mol. The molecule has 1 amide bonds. The van der Waals surface area contributed by atoms with E-state index in [0.29, 0.717) is 32.5 Å². The highest BCUT2D eigenvalue weighted by atomic mass is 19.4. The number of piperidine rings is 1. The second kappa shape index (κ2) is 10.7. The number of nitrogens with zero attached hydrogens (tertiary/aromatic N) is 5. The first-order valence-electron chi connectivity index (χ1n) is 12.7. The first-order chi connectivity index (χ1) is 18.2. The fourth-order valence-corrected chi connectivity index (χ4v) is 5.08. The van der Waals surface area contributed by atoms with Crippen LogP contribution in [-0.2, 0) is 23.9 Å². The Bertz CT molecular complexity index is 1290. The largest absolute Gasteiger partial charge is 0.451 e. The molecule has 204 valence electrons. The molecule has 2 aliphatic heterocycles. The number of aliphatic hydroxyl groups is 1. The van der Waals surface area contributed by atoms with Gasteiger partial charge >= 0.3 is 6.18 Å². The summed E-state index contributed by atoms with van der Waals surface area (Å²) in [6, 6.07) is 8.06. The molecule has 38 heavy (non-hydrogen) atoms. The second-order valence-corrected chi connectivity index (χ2v) is 9.90. The molecule has 1 saturated heterocycles. The van der Waals surface area contributed by atoms with Crippen LogP contribution in [0.3, 0.4) is 0 Å². The van der Waals surface area contributed by atoms with Gasteiger partial charge in [0.2, 0.25) is 11.7 Å². The van der Waals surface area contributed by atoms with Gasteiger partial charge in [-0.15, -0.1) is 0 Å². The van der Waals surface area contributed by atoms with Gasteiger partial charge < -0.3 is 20.6 Å². The molecule has 3 aromatic rings. The van der Waals surface area contributed by atoms with Crippen LogP contribution in [0.25, 0.3) is 11.0 Å². The maximum atomic E-state index is 13.6. The zero-order valence-electron chi connectivity index (χ0n) is 21.1. The van der Waals surface area contributed by atoms with Crippen LogP contribution in [-0.4, -0.2) is 85.8 Å². The van der Waals surface area contributed by atoms with Gasteiger partial charge in [0.15, 0.2) is 11.6 Å². The topological polar surface area (TPSA) is 122 Å². The highest BCUT2D eigenvalue weighted by Gasteiger charge is 2.37. The first-order valence-corrected chi connectivity index (χ1v) is 12.7. The van der Waals surface area contributed by atoms with Crippen molar-refractivity contribution in [2.24, 2.45) is 0 Å². The number of rotatable bonds is 7. The van der Waals surface area contributed by atoms with E-state index in [-0.39, 0.29) is 41.2 Å². The summed E-state index contributed by atoms with van der Waals surface area (Å²) in [5.41, 5.74) is 2.79. The summed E-state index contributed by atoms with van der Waals surface area (Å²) >= 11 is 0. The average Bonchev–Trinajstić information content (AvgIpc) is 3.30. The monoisotopic (exact) mass is 532 g/mol. The second-order valence-electron chi connectivity index (χ2n) is 9.90. The number of halogens is 3. The molecule has 0 spiro atoms. The van der Waals surface area contributed by atoms with Gasteiger partial charge in [-0.1, -0.05) is 24.3 Å². The number of H-pyrrole nitrogens is 1. The quantitative estimate of drug-likeness (QED) is 0.367. The Morgan fingerprint density at radius 2 is 1.89 bits per heavy atom. The summed E-state index contributed by atoms with van der Waals surface area (Å²) in [6.07, 6.45) is -3.44. The lowest BCUT2D eigenvalue weighted by Crippen LogP contribution is -2.41. The van der Waals surface area contributed by atoms with Gasteiger partial charge in [-0.3, -0.25) is 14.8 Å². The summed E-state index contributed by atoms with van der Waals surface area (Å²) in [6.45, 7) is 4.60. The number of anilines is 2. The molecule has 4 heterocycles. The molecule has 1 fully saturated rings. The van der Waals surface area contributed by atoms with Crippen molar-refractivity contribution in [3.8, 4) is 0 Å². The summed E-state index contributed by atoms with van der Waals surface area (Å²) < 4.78 is 40.9. The third-order valence-corrected chi connectivity index (χ3v) is 7.13. The number of fused-ring (bicyclic) bond motifs is 2. The number of alkyl halides is 3. The lowest BCUT2D eigenvalue weighted by Gasteiger charge is -2.32. The predicted octanol–water partition coefficient (Wildman–Crippen LogP) is 2.63. The van der Waals surface area contributed by atoms with Crippen LogP contribution < -0.4 is 10.6 Å². The molecule has 0 radical (unpaired) electrons. The van der Waals surface area contributed by atoms with Gasteiger partial charge in [-0.25, -0.2) is 9.97 Å². The van der Waals surface area contributed by atoms with Crippen LogP contribution in [0, 0.1) is 0 Å². The minimum absolute atomic E-state index is 0.00454. The molecule has 1 atom stereocenters. The maximum Gasteiger partial charge on any atom is 0.451 e. The molecule has 1 unspecified atom stereocenters. The van der Waals surface area contributed by atoms with E-state index in [0.717, 1.165) is 19.5 Å². The van der Waals surface area contributed by atoms with Crippen LogP contribution in [0.5, 0.6) is 0 Å². The number of nitrogens with one attached hydrogen (secondary N) is 3. The standard InChI is InChI=1S/C25H31F3N8O2/c1-15(37)36-10-7-18(8-11-36)30-23-21-20(31-24(32-23)25(26,27)28)22(34-33-21)29-12-19(38)14-35-9-6-16-4-2-3-5-17(16)13-35/h2-5,18-19,38H,6-14H2,1H3,(H2,29,33,34)(H,30,31,32). The Morgan fingerprint density at radius 3 is 2.61 bits per heavy atom. The molecule has 1 aromatic carbocycles. The molecule has 2 aromatic heterocycles. The predicted molar refractivity (Wildman–Crippen MR) is 136 cm³/mol. The van der Waals surface area contributed by atoms with Crippen LogP contribution in [0.4, 0.5) is 24.8 Å². The first kappa shape index (κ1) is 26.2. The number of aromatic amines is 1. The van der Waals surface area contributed by atoms with Gasteiger partial charge in [0, 0.05) is 52.2 Å². The van der Waals surface area contributed by atoms with Gasteiger partial charge in [0.25, 0.3) is 0 Å². The third kappa shape index (κ3) is 5.83. The van der Waals surface area contributed by atoms with E-state index in [1.807, 2.05) is 12.1 Å². The molecule has 5 rings (SSSR count). The van der Waals surface area contributed by atoms with Gasteiger partial charge in [-0.05, 0) is 30.4 Å². The number of aromatic nitrogens is 4. The number of carbonyl (C=O) groups is 1. The van der Waals surface area contributed by atoms with E-state index in [1.54, 1.807) is 4.90 Å². The Hall–Kier alpha value is -3.45. The van der Waals surface area contributed by atoms with Crippen molar-refractivity contribution in [3.63, 3.8) is 0 Å². The fourth-order valence-electron chi connectivity index (χ4n) is 5.08. The number of β-amino-alcohol motifs (C(OH)–C–C–N with tert-alkyl or cyclic N) is 1. The lowest BCUT2D eigenvalue weighted by molar-refractivity contribution is -0.144. The minimum Gasteiger partial charge on any atom is -0.390 e. The summed E-state index contributed by atoms with van der Waals surface area (Å²) in [4.78, 5) is 22.9. The molecule has 0 saturated carbocycles. The summed E-state index contributed by atoms with van der Waals surface area (Å²) in [7, 11) is 0. The highest BCUT2D eigenvalue weighted by Crippen LogP contribution is 2.32. The van der Waals surface area contributed by atoms with Crippen molar-refractivity contribution >= 4 is 28.6 Å². The SMILES string of the molecule is CC(=O)N1CCC(Nc2nc(C(F)(F)F)nc3c(NCC(O)CN4CCc5ccccc5C4)n[nH]c23)CC1. The molecule has 0 bridgehead atoms. The van der Waals surface area contributed by atoms with E-state index in [2.05, 4.69) is 47.8 Å². The molecular formula is C25H31F3N8O2. The minimum atomic E-state index is -4.75. The van der Waals surface area contributed by atoms with Gasteiger partial charge in [0.1, 0.15) is 11.0 Å². The number of benzene rings is 1. The number of hydrogen-bond donors (Lipinski definition) is 4. The number of likely N-dealkylation sites (tertiary alicyclic amines) is 1. The number of amides is 1. The van der Waals surface area contributed by atoms with E-state index >= 15 is 0 Å². The van der Waals surface area contributed by atoms with Crippen LogP contribution in [0.15, 0.2) is 24.3 Å². The van der Waals surface area contributed by atoms with Crippen LogP contribution >= 0.6 is 0 Å². The van der Waals surface area contributed by atoms with E-state index in [9.17, 15) is 23.1 Å². The Kier molecular flexibility index (Phi) is 7.39. The molecule has 10 nitrogen and oxygen atoms in total. The third-order valence-electron chi connectivity index (χ3n) is 7.13. The van der Waals surface area contributed by atoms with Crippen molar-refractivity contribution in [2.45, 2.75) is 51.1 Å². The molecule has 0 aliphatic carbocycles. The molecule has 13 heteroatoms. The Morgan fingerprint density at radius 1 is 1.16 bits per heavy atom. The Labute approximate surface area is 217 Å². The van der Waals surface area contributed by atoms with Crippen LogP contribution in [0.2, 0.25) is 0 Å². The number of carbonyl (C=O) groups excluding carboxylic acids is 1. The Balaban J connectivity index is 1.27. The van der Waals surface area contributed by atoms with E-state index < -0.39 is 18.1 Å². The van der Waals surface area contributed by atoms with E-state index in [4.69, 9.17) is 0 Å². The van der Waals surface area contributed by atoms with Crippen LogP contribution in [0.1, 0.15) is 36.7 Å². The zero-order chi connectivity index (χ0) is 26.9. The van der Waals surface area contributed by atoms with Crippen molar-refractivity contribution < 1.29 is 23.1 Å². The normalized spacial score (nSPS) is 17.9.